The van der Waals surface area contributed by atoms with Gasteiger partial charge in [-0.2, -0.15) is 0 Å². The van der Waals surface area contributed by atoms with E-state index in [2.05, 4.69) is 10.2 Å². The van der Waals surface area contributed by atoms with Crippen LogP contribution in [0, 0.1) is 0 Å². The van der Waals surface area contributed by atoms with E-state index in [1.54, 1.807) is 48.5 Å². The molecule has 1 amide bonds. The molecule has 2 aromatic heterocycles. The van der Waals surface area contributed by atoms with E-state index in [1.165, 1.54) is 28.9 Å². The second kappa shape index (κ2) is 6.89. The summed E-state index contributed by atoms with van der Waals surface area (Å²) in [5.74, 6) is -0.960. The summed E-state index contributed by atoms with van der Waals surface area (Å²) in [5, 5.41) is 8.58. The van der Waals surface area contributed by atoms with Crippen molar-refractivity contribution < 1.29 is 18.7 Å². The van der Waals surface area contributed by atoms with Gasteiger partial charge in [-0.3, -0.25) is 14.5 Å². The minimum Gasteiger partial charge on any atom is -0.465 e. The van der Waals surface area contributed by atoms with Gasteiger partial charge in [-0.1, -0.05) is 35.6 Å². The molecule has 0 unspecified atom stereocenters. The Labute approximate surface area is 173 Å². The number of benzene rings is 2. The highest BCUT2D eigenvalue weighted by molar-refractivity contribution is 7.13. The quantitative estimate of drug-likeness (QED) is 0.470. The molecule has 0 fully saturated rings. The molecule has 1 aliphatic rings. The molecule has 0 aliphatic carbocycles. The predicted octanol–water partition coefficient (Wildman–Crippen LogP) is 3.18. The van der Waals surface area contributed by atoms with Gasteiger partial charge in [-0.15, -0.1) is 10.2 Å². The van der Waals surface area contributed by atoms with Crippen LogP contribution in [0.5, 0.6) is 0 Å². The molecule has 1 atom stereocenters. The van der Waals surface area contributed by atoms with Gasteiger partial charge in [0.15, 0.2) is 5.43 Å². The topological polar surface area (TPSA) is 103 Å². The van der Waals surface area contributed by atoms with Crippen molar-refractivity contribution in [3.05, 3.63) is 86.7 Å². The van der Waals surface area contributed by atoms with Crippen molar-refractivity contribution in [3.63, 3.8) is 0 Å². The molecule has 1 aliphatic heterocycles. The standard InChI is InChI=1S/C21H13N3O5S/c1-28-20(27)12-8-6-11(7-9-12)16-15-17(25)13-4-2-3-5-14(13)29-18(15)19(26)24(16)21-23-22-10-30-21/h2-10,16H,1H3/t16-/m1/s1. The zero-order valence-corrected chi connectivity index (χ0v) is 16.4. The second-order valence-corrected chi connectivity index (χ2v) is 7.39. The number of methoxy groups -OCH3 is 1. The number of rotatable bonds is 3. The van der Waals surface area contributed by atoms with Gasteiger partial charge in [-0.25, -0.2) is 4.79 Å². The third-order valence-electron chi connectivity index (χ3n) is 4.98. The zero-order valence-electron chi connectivity index (χ0n) is 15.6. The Morgan fingerprint density at radius 1 is 1.13 bits per heavy atom. The third-order valence-corrected chi connectivity index (χ3v) is 5.67. The van der Waals surface area contributed by atoms with Gasteiger partial charge in [0, 0.05) is 0 Å². The van der Waals surface area contributed by atoms with Crippen LogP contribution in [0.3, 0.4) is 0 Å². The molecular formula is C21H13N3O5S. The number of amides is 1. The summed E-state index contributed by atoms with van der Waals surface area (Å²) < 4.78 is 10.6. The molecule has 30 heavy (non-hydrogen) atoms. The first-order valence-electron chi connectivity index (χ1n) is 8.94. The summed E-state index contributed by atoms with van der Waals surface area (Å²) in [5.41, 5.74) is 2.79. The predicted molar refractivity (Wildman–Crippen MR) is 109 cm³/mol. The number of aromatic nitrogens is 2. The molecule has 0 spiro atoms. The van der Waals surface area contributed by atoms with Crippen LogP contribution in [-0.4, -0.2) is 29.2 Å². The highest BCUT2D eigenvalue weighted by Crippen LogP contribution is 2.41. The van der Waals surface area contributed by atoms with E-state index < -0.39 is 17.9 Å². The van der Waals surface area contributed by atoms with Gasteiger partial charge in [0.2, 0.25) is 10.9 Å². The number of carbonyl (C=O) groups excluding carboxylic acids is 2. The fourth-order valence-electron chi connectivity index (χ4n) is 3.62. The Morgan fingerprint density at radius 3 is 2.60 bits per heavy atom. The van der Waals surface area contributed by atoms with Crippen molar-refractivity contribution in [2.24, 2.45) is 0 Å². The molecule has 0 N–H and O–H groups in total. The first-order chi connectivity index (χ1) is 14.6. The summed E-state index contributed by atoms with van der Waals surface area (Å²) in [6.07, 6.45) is 0. The van der Waals surface area contributed by atoms with Crippen molar-refractivity contribution in [2.45, 2.75) is 6.04 Å². The molecule has 0 saturated carbocycles. The Hall–Kier alpha value is -3.85. The number of hydrogen-bond donors (Lipinski definition) is 0. The molecule has 148 valence electrons. The van der Waals surface area contributed by atoms with Crippen LogP contribution in [-0.2, 0) is 4.74 Å². The molecular weight excluding hydrogens is 406 g/mol. The summed E-state index contributed by atoms with van der Waals surface area (Å²) in [7, 11) is 1.30. The van der Waals surface area contributed by atoms with E-state index in [1.807, 2.05) is 0 Å². The van der Waals surface area contributed by atoms with Gasteiger partial charge < -0.3 is 9.15 Å². The number of nitrogens with zero attached hydrogens (tertiary/aromatic N) is 3. The average Bonchev–Trinajstić information content (AvgIpc) is 3.40. The number of para-hydroxylation sites is 1. The maximum absolute atomic E-state index is 13.3. The van der Waals surface area contributed by atoms with Crippen LogP contribution in [0.15, 0.2) is 63.3 Å². The number of hydrogen-bond acceptors (Lipinski definition) is 8. The lowest BCUT2D eigenvalue weighted by Crippen LogP contribution is -2.29. The molecule has 0 saturated heterocycles. The van der Waals surface area contributed by atoms with Crippen molar-refractivity contribution in [3.8, 4) is 0 Å². The number of fused-ring (bicyclic) bond motifs is 2. The highest BCUT2D eigenvalue weighted by atomic mass is 32.1. The molecule has 3 heterocycles. The Kier molecular flexibility index (Phi) is 4.18. The third kappa shape index (κ3) is 2.63. The molecule has 0 radical (unpaired) electrons. The normalized spacial score (nSPS) is 15.4. The smallest absolute Gasteiger partial charge is 0.337 e. The van der Waals surface area contributed by atoms with E-state index in [9.17, 15) is 14.4 Å². The number of anilines is 1. The van der Waals surface area contributed by atoms with Crippen molar-refractivity contribution in [1.29, 1.82) is 0 Å². The summed E-state index contributed by atoms with van der Waals surface area (Å²) in [6.45, 7) is 0. The lowest BCUT2D eigenvalue weighted by molar-refractivity contribution is 0.0600. The minimum absolute atomic E-state index is 0.0176. The lowest BCUT2D eigenvalue weighted by Gasteiger charge is -2.22. The first kappa shape index (κ1) is 18.2. The summed E-state index contributed by atoms with van der Waals surface area (Å²) in [4.78, 5) is 39.8. The maximum atomic E-state index is 13.3. The van der Waals surface area contributed by atoms with E-state index in [4.69, 9.17) is 9.15 Å². The van der Waals surface area contributed by atoms with Gasteiger partial charge in [-0.05, 0) is 29.8 Å². The van der Waals surface area contributed by atoms with Crippen LogP contribution < -0.4 is 10.3 Å². The highest BCUT2D eigenvalue weighted by Gasteiger charge is 2.44. The fourth-order valence-corrected chi connectivity index (χ4v) is 4.21. The van der Waals surface area contributed by atoms with Gasteiger partial charge in [0.1, 0.15) is 11.1 Å². The van der Waals surface area contributed by atoms with Crippen LogP contribution in [0.25, 0.3) is 11.0 Å². The molecule has 0 bridgehead atoms. The van der Waals surface area contributed by atoms with E-state index in [0.717, 1.165) is 0 Å². The van der Waals surface area contributed by atoms with Gasteiger partial charge >= 0.3 is 5.97 Å². The molecule has 9 heteroatoms. The monoisotopic (exact) mass is 419 g/mol. The van der Waals surface area contributed by atoms with Crippen LogP contribution in [0.4, 0.5) is 5.13 Å². The maximum Gasteiger partial charge on any atom is 0.337 e. The Balaban J connectivity index is 1.75. The number of carbonyl (C=O) groups is 2. The SMILES string of the molecule is COC(=O)c1ccc([C@@H]2c3c(oc4ccccc4c3=O)C(=O)N2c2nncs2)cc1. The van der Waals surface area contributed by atoms with Crippen molar-refractivity contribution in [1.82, 2.24) is 10.2 Å². The largest absolute Gasteiger partial charge is 0.465 e. The first-order valence-corrected chi connectivity index (χ1v) is 9.82. The van der Waals surface area contributed by atoms with Gasteiger partial charge in [0.25, 0.3) is 5.91 Å². The van der Waals surface area contributed by atoms with E-state index in [0.29, 0.717) is 27.2 Å². The van der Waals surface area contributed by atoms with Crippen LogP contribution >= 0.6 is 11.3 Å². The van der Waals surface area contributed by atoms with Crippen LogP contribution in [0.2, 0.25) is 0 Å². The van der Waals surface area contributed by atoms with Gasteiger partial charge in [0.05, 0.1) is 29.7 Å². The zero-order chi connectivity index (χ0) is 20.8. The van der Waals surface area contributed by atoms with Crippen LogP contribution in [0.1, 0.15) is 38.1 Å². The number of esters is 1. The molecule has 8 nitrogen and oxygen atoms in total. The number of ether oxygens (including phenoxy) is 1. The molecule has 4 aromatic rings. The lowest BCUT2D eigenvalue weighted by atomic mass is 9.98. The molecule has 5 rings (SSSR count). The Morgan fingerprint density at radius 2 is 1.90 bits per heavy atom. The van der Waals surface area contributed by atoms with Crippen molar-refractivity contribution >= 4 is 39.3 Å². The molecule has 2 aromatic carbocycles. The Bertz CT molecular complexity index is 1350. The summed E-state index contributed by atoms with van der Waals surface area (Å²) >= 11 is 1.18. The average molecular weight is 419 g/mol. The fraction of sp³-hybridized carbons (Fsp3) is 0.0952. The van der Waals surface area contributed by atoms with E-state index in [-0.39, 0.29) is 16.8 Å². The van der Waals surface area contributed by atoms with E-state index >= 15 is 0 Å². The minimum atomic E-state index is -0.756. The second-order valence-electron chi connectivity index (χ2n) is 6.58. The van der Waals surface area contributed by atoms with Crippen molar-refractivity contribution in [2.75, 3.05) is 12.0 Å². The summed E-state index contributed by atoms with van der Waals surface area (Å²) in [6, 6.07) is 12.6.